The van der Waals surface area contributed by atoms with Crippen LogP contribution >= 0.6 is 0 Å². The van der Waals surface area contributed by atoms with Crippen molar-refractivity contribution in [3.05, 3.63) is 0 Å². The van der Waals surface area contributed by atoms with Crippen LogP contribution in [0.2, 0.25) is 0 Å². The van der Waals surface area contributed by atoms with Crippen LogP contribution in [0.4, 0.5) is 0 Å². The highest BCUT2D eigenvalue weighted by atomic mass is 16.6. The maximum Gasteiger partial charge on any atom is 0.311 e. The summed E-state index contributed by atoms with van der Waals surface area (Å²) in [5.74, 6) is 1.38. The summed E-state index contributed by atoms with van der Waals surface area (Å²) in [6.45, 7) is 8.15. The van der Waals surface area contributed by atoms with Gasteiger partial charge in [-0.2, -0.15) is 0 Å². The first kappa shape index (κ1) is 14.3. The van der Waals surface area contributed by atoms with Crippen molar-refractivity contribution in [1.29, 1.82) is 0 Å². The van der Waals surface area contributed by atoms with Crippen molar-refractivity contribution in [2.75, 3.05) is 0 Å². The van der Waals surface area contributed by atoms with Gasteiger partial charge in [0.1, 0.15) is 12.2 Å². The number of hydrogen-bond donors (Lipinski definition) is 1. The molecular formula is C16H26O4. The van der Waals surface area contributed by atoms with Gasteiger partial charge in [-0.15, -0.1) is 0 Å². The first-order valence-corrected chi connectivity index (χ1v) is 7.84. The molecule has 6 atom stereocenters. The van der Waals surface area contributed by atoms with E-state index in [1.54, 1.807) is 0 Å². The summed E-state index contributed by atoms with van der Waals surface area (Å²) in [7, 11) is 0. The van der Waals surface area contributed by atoms with Gasteiger partial charge in [-0.05, 0) is 50.9 Å². The third-order valence-corrected chi connectivity index (χ3v) is 5.29. The number of fused-ring (bicyclic) bond motifs is 1. The molecule has 2 aliphatic carbocycles. The Morgan fingerprint density at radius 3 is 2.65 bits per heavy atom. The summed E-state index contributed by atoms with van der Waals surface area (Å²) in [6.07, 6.45) is 1.92. The van der Waals surface area contributed by atoms with E-state index in [9.17, 15) is 9.90 Å². The van der Waals surface area contributed by atoms with E-state index in [-0.39, 0.29) is 24.1 Å². The van der Waals surface area contributed by atoms with Crippen molar-refractivity contribution < 1.29 is 19.4 Å². The van der Waals surface area contributed by atoms with E-state index >= 15 is 0 Å². The van der Waals surface area contributed by atoms with Gasteiger partial charge < -0.3 is 14.6 Å². The van der Waals surface area contributed by atoms with Gasteiger partial charge in [0.2, 0.25) is 0 Å². The lowest BCUT2D eigenvalue weighted by Crippen LogP contribution is -2.40. The summed E-state index contributed by atoms with van der Waals surface area (Å²) < 4.78 is 11.4. The summed E-state index contributed by atoms with van der Waals surface area (Å²) in [5.41, 5.74) is -0.452. The largest absolute Gasteiger partial charge is 0.459 e. The number of carbonyl (C=O) groups excluding carboxylic acids is 1. The van der Waals surface area contributed by atoms with E-state index in [1.807, 2.05) is 13.8 Å². The third-order valence-electron chi connectivity index (χ3n) is 5.29. The van der Waals surface area contributed by atoms with E-state index in [0.29, 0.717) is 17.8 Å². The van der Waals surface area contributed by atoms with Crippen LogP contribution < -0.4 is 0 Å². The zero-order chi connectivity index (χ0) is 14.7. The number of ether oxygens (including phenoxy) is 2. The summed E-state index contributed by atoms with van der Waals surface area (Å²) >= 11 is 0. The molecule has 0 aromatic carbocycles. The molecule has 3 rings (SSSR count). The molecule has 4 heteroatoms. The predicted octanol–water partition coefficient (Wildman–Crippen LogP) is 2.34. The Bertz CT molecular complexity index is 403. The predicted molar refractivity (Wildman–Crippen MR) is 73.7 cm³/mol. The Morgan fingerprint density at radius 1 is 1.35 bits per heavy atom. The van der Waals surface area contributed by atoms with Gasteiger partial charge in [-0.3, -0.25) is 4.79 Å². The maximum atomic E-state index is 12.4. The summed E-state index contributed by atoms with van der Waals surface area (Å²) in [6, 6.07) is 0. The smallest absolute Gasteiger partial charge is 0.311 e. The Kier molecular flexibility index (Phi) is 3.37. The first-order chi connectivity index (χ1) is 9.29. The molecule has 1 aliphatic heterocycles. The molecule has 1 heterocycles. The number of carbonyl (C=O) groups is 1. The third kappa shape index (κ3) is 2.17. The van der Waals surface area contributed by atoms with E-state index < -0.39 is 11.7 Å². The lowest BCUT2D eigenvalue weighted by molar-refractivity contribution is -0.175. The highest BCUT2D eigenvalue weighted by Crippen LogP contribution is 2.57. The monoisotopic (exact) mass is 282 g/mol. The molecule has 0 aromatic heterocycles. The lowest BCUT2D eigenvalue weighted by atomic mass is 9.83. The summed E-state index contributed by atoms with van der Waals surface area (Å²) in [5, 5.41) is 9.86. The van der Waals surface area contributed by atoms with Crippen molar-refractivity contribution in [3.63, 3.8) is 0 Å². The van der Waals surface area contributed by atoms with Gasteiger partial charge in [0.25, 0.3) is 0 Å². The molecule has 1 N–H and O–H groups in total. The topological polar surface area (TPSA) is 55.8 Å². The average molecular weight is 282 g/mol. The minimum atomic E-state index is -0.651. The van der Waals surface area contributed by atoms with Crippen LogP contribution in [0.3, 0.4) is 0 Å². The fourth-order valence-corrected chi connectivity index (χ4v) is 4.62. The van der Waals surface area contributed by atoms with Crippen molar-refractivity contribution in [1.82, 2.24) is 0 Å². The van der Waals surface area contributed by atoms with Crippen LogP contribution in [0, 0.1) is 29.1 Å². The van der Waals surface area contributed by atoms with Crippen LogP contribution in [-0.2, 0) is 14.3 Å². The molecule has 0 radical (unpaired) electrons. The van der Waals surface area contributed by atoms with Gasteiger partial charge in [0, 0.05) is 5.92 Å². The first-order valence-electron chi connectivity index (χ1n) is 7.84. The molecule has 4 nitrogen and oxygen atoms in total. The molecule has 0 amide bonds. The van der Waals surface area contributed by atoms with Gasteiger partial charge in [-0.1, -0.05) is 13.8 Å². The molecule has 0 spiro atoms. The molecule has 20 heavy (non-hydrogen) atoms. The van der Waals surface area contributed by atoms with Crippen molar-refractivity contribution in [2.24, 2.45) is 29.1 Å². The standard InChI is InChI=1S/C16H26O4/c1-8(2)7-16(3,4)15(18)20-12-9-5-10-11(6-9)14(17)19-13(10)12/h8-14,17H,5-7H2,1-4H3. The number of aliphatic hydroxyl groups is 1. The molecule has 3 aliphatic rings. The molecule has 2 bridgehead atoms. The maximum absolute atomic E-state index is 12.4. The molecule has 6 unspecified atom stereocenters. The van der Waals surface area contributed by atoms with Gasteiger partial charge >= 0.3 is 5.97 Å². The Balaban J connectivity index is 1.66. The molecule has 0 aromatic rings. The highest BCUT2D eigenvalue weighted by Gasteiger charge is 2.62. The Labute approximate surface area is 120 Å². The van der Waals surface area contributed by atoms with Crippen molar-refractivity contribution in [3.8, 4) is 0 Å². The van der Waals surface area contributed by atoms with Crippen molar-refractivity contribution in [2.45, 2.75) is 65.5 Å². The number of hydrogen-bond acceptors (Lipinski definition) is 4. The van der Waals surface area contributed by atoms with Crippen LogP contribution in [0.1, 0.15) is 47.0 Å². The molecule has 2 saturated carbocycles. The van der Waals surface area contributed by atoms with Crippen LogP contribution in [0.15, 0.2) is 0 Å². The lowest BCUT2D eigenvalue weighted by Gasteiger charge is -2.31. The second kappa shape index (κ2) is 4.70. The van der Waals surface area contributed by atoms with E-state index in [4.69, 9.17) is 9.47 Å². The summed E-state index contributed by atoms with van der Waals surface area (Å²) in [4.78, 5) is 12.4. The van der Waals surface area contributed by atoms with E-state index in [0.717, 1.165) is 19.3 Å². The van der Waals surface area contributed by atoms with Crippen LogP contribution in [-0.4, -0.2) is 29.6 Å². The SMILES string of the molecule is CC(C)CC(C)(C)C(=O)OC1C2CC3C(O)OC1C3C2. The Hall–Kier alpha value is -0.610. The highest BCUT2D eigenvalue weighted by molar-refractivity contribution is 5.76. The average Bonchev–Trinajstić information content (AvgIpc) is 2.91. The quantitative estimate of drug-likeness (QED) is 0.804. The second-order valence-corrected chi connectivity index (χ2v) is 7.90. The van der Waals surface area contributed by atoms with Crippen molar-refractivity contribution >= 4 is 5.97 Å². The zero-order valence-corrected chi connectivity index (χ0v) is 12.8. The van der Waals surface area contributed by atoms with Gasteiger partial charge in [0.05, 0.1) is 5.41 Å². The van der Waals surface area contributed by atoms with Crippen LogP contribution in [0.25, 0.3) is 0 Å². The van der Waals surface area contributed by atoms with Crippen LogP contribution in [0.5, 0.6) is 0 Å². The number of rotatable bonds is 4. The fraction of sp³-hybridized carbons (Fsp3) is 0.938. The molecular weight excluding hydrogens is 256 g/mol. The molecule has 1 saturated heterocycles. The minimum Gasteiger partial charge on any atom is -0.459 e. The van der Waals surface area contributed by atoms with Gasteiger partial charge in [-0.25, -0.2) is 0 Å². The normalized spacial score (nSPS) is 42.5. The molecule has 114 valence electrons. The Morgan fingerprint density at radius 2 is 2.00 bits per heavy atom. The van der Waals surface area contributed by atoms with Gasteiger partial charge in [0.15, 0.2) is 6.29 Å². The number of esters is 1. The second-order valence-electron chi connectivity index (χ2n) is 7.90. The fourth-order valence-electron chi connectivity index (χ4n) is 4.62. The minimum absolute atomic E-state index is 0.0763. The zero-order valence-electron chi connectivity index (χ0n) is 12.8. The van der Waals surface area contributed by atoms with E-state index in [2.05, 4.69) is 13.8 Å². The van der Waals surface area contributed by atoms with E-state index in [1.165, 1.54) is 0 Å². The molecule has 3 fully saturated rings. The number of aliphatic hydroxyl groups excluding tert-OH is 1.